The van der Waals surface area contributed by atoms with E-state index in [0.29, 0.717) is 34.8 Å². The Morgan fingerprint density at radius 2 is 1.77 bits per heavy atom. The summed E-state index contributed by atoms with van der Waals surface area (Å²) in [6.07, 6.45) is 1.21. The lowest BCUT2D eigenvalue weighted by Crippen LogP contribution is -2.51. The van der Waals surface area contributed by atoms with Crippen molar-refractivity contribution >= 4 is 39.3 Å². The Morgan fingerprint density at radius 1 is 1.03 bits per heavy atom. The van der Waals surface area contributed by atoms with Crippen molar-refractivity contribution in [2.45, 2.75) is 39.3 Å². The molecule has 0 radical (unpaired) electrons. The number of carbonyl (C=O) groups is 2. The summed E-state index contributed by atoms with van der Waals surface area (Å²) in [5.41, 5.74) is 3.02. The Kier molecular flexibility index (Phi) is 10.2. The van der Waals surface area contributed by atoms with Crippen LogP contribution in [0.5, 0.6) is 5.75 Å². The third-order valence-corrected chi connectivity index (χ3v) is 6.36. The number of benzene rings is 3. The topological polar surface area (TPSA) is 58.6 Å². The molecule has 184 valence electrons. The number of aryl methyl sites for hydroxylation is 1. The van der Waals surface area contributed by atoms with Crippen molar-refractivity contribution in [3.63, 3.8) is 0 Å². The molecule has 0 spiro atoms. The van der Waals surface area contributed by atoms with Crippen LogP contribution in [0.4, 0.5) is 0 Å². The van der Waals surface area contributed by atoms with E-state index in [1.54, 1.807) is 23.1 Å². The van der Waals surface area contributed by atoms with Gasteiger partial charge in [0.1, 0.15) is 11.8 Å². The third-order valence-electron chi connectivity index (χ3n) is 5.50. The number of hydrogen-bond donors (Lipinski definition) is 1. The molecule has 2 amide bonds. The van der Waals surface area contributed by atoms with Gasteiger partial charge in [-0.25, -0.2) is 0 Å². The van der Waals surface area contributed by atoms with Gasteiger partial charge < -0.3 is 15.0 Å². The Labute approximate surface area is 220 Å². The van der Waals surface area contributed by atoms with Crippen molar-refractivity contribution in [1.82, 2.24) is 10.2 Å². The molecule has 0 bridgehead atoms. The van der Waals surface area contributed by atoms with Gasteiger partial charge >= 0.3 is 0 Å². The molecule has 1 atom stereocenters. The van der Waals surface area contributed by atoms with E-state index in [9.17, 15) is 9.59 Å². The van der Waals surface area contributed by atoms with Crippen LogP contribution in [-0.2, 0) is 22.6 Å². The predicted molar refractivity (Wildman–Crippen MR) is 144 cm³/mol. The van der Waals surface area contributed by atoms with Crippen LogP contribution >= 0.6 is 27.5 Å². The molecule has 1 unspecified atom stereocenters. The molecule has 35 heavy (non-hydrogen) atoms. The monoisotopic (exact) mass is 556 g/mol. The number of nitrogens with zero attached hydrogens (tertiary/aromatic N) is 1. The minimum atomic E-state index is -0.686. The van der Waals surface area contributed by atoms with Crippen molar-refractivity contribution in [3.05, 3.63) is 99.0 Å². The molecule has 0 aromatic heterocycles. The van der Waals surface area contributed by atoms with Crippen LogP contribution in [0.25, 0.3) is 0 Å². The number of amides is 2. The number of halogens is 2. The van der Waals surface area contributed by atoms with E-state index in [1.807, 2.05) is 68.4 Å². The van der Waals surface area contributed by atoms with Crippen LogP contribution < -0.4 is 10.1 Å². The van der Waals surface area contributed by atoms with Crippen molar-refractivity contribution in [1.29, 1.82) is 0 Å². The molecule has 1 N–H and O–H groups in total. The maximum Gasteiger partial charge on any atom is 0.261 e. The molecule has 3 aromatic carbocycles. The lowest BCUT2D eigenvalue weighted by molar-refractivity contribution is -0.142. The molecule has 0 saturated carbocycles. The molecule has 0 saturated heterocycles. The van der Waals surface area contributed by atoms with E-state index >= 15 is 0 Å². The standard InChI is InChI=1S/C28H30BrClN2O3/c1-3-14-31-28(34)25(16-21-9-5-4-6-10-21)32(18-22-11-7-8-20(2)15-22)27(33)19-35-26-13-12-23(30)17-24(26)29/h4-13,15,17,25H,3,14,16,18-19H2,1-2H3,(H,31,34). The van der Waals surface area contributed by atoms with Crippen LogP contribution in [0.1, 0.15) is 30.0 Å². The van der Waals surface area contributed by atoms with Gasteiger partial charge in [0.15, 0.2) is 6.61 Å². The molecule has 3 aromatic rings. The molecule has 0 heterocycles. The zero-order chi connectivity index (χ0) is 25.2. The van der Waals surface area contributed by atoms with Gasteiger partial charge in [0, 0.05) is 24.5 Å². The summed E-state index contributed by atoms with van der Waals surface area (Å²) < 4.78 is 6.49. The second kappa shape index (κ2) is 13.3. The average Bonchev–Trinajstić information content (AvgIpc) is 2.84. The average molecular weight is 558 g/mol. The third kappa shape index (κ3) is 8.11. The summed E-state index contributed by atoms with van der Waals surface area (Å²) in [5, 5.41) is 3.54. The van der Waals surface area contributed by atoms with Crippen LogP contribution in [0, 0.1) is 6.92 Å². The summed E-state index contributed by atoms with van der Waals surface area (Å²) >= 11 is 9.45. The fourth-order valence-electron chi connectivity index (χ4n) is 3.74. The number of hydrogen-bond acceptors (Lipinski definition) is 3. The van der Waals surface area contributed by atoms with Crippen molar-refractivity contribution < 1.29 is 14.3 Å². The minimum absolute atomic E-state index is 0.177. The summed E-state index contributed by atoms with van der Waals surface area (Å²) in [7, 11) is 0. The lowest BCUT2D eigenvalue weighted by atomic mass is 10.0. The number of rotatable bonds is 11. The van der Waals surface area contributed by atoms with Gasteiger partial charge in [-0.15, -0.1) is 0 Å². The SMILES string of the molecule is CCCNC(=O)C(Cc1ccccc1)N(Cc1cccc(C)c1)C(=O)COc1ccc(Cl)cc1Br. The van der Waals surface area contributed by atoms with Crippen LogP contribution in [0.3, 0.4) is 0 Å². The first kappa shape index (κ1) is 26.8. The van der Waals surface area contributed by atoms with E-state index < -0.39 is 6.04 Å². The molecular weight excluding hydrogens is 528 g/mol. The second-order valence-corrected chi connectivity index (χ2v) is 9.66. The van der Waals surface area contributed by atoms with Gasteiger partial charge in [-0.1, -0.05) is 78.7 Å². The maximum absolute atomic E-state index is 13.6. The number of carbonyl (C=O) groups excluding carboxylic acids is 2. The first-order valence-corrected chi connectivity index (χ1v) is 12.8. The highest BCUT2D eigenvalue weighted by Gasteiger charge is 2.30. The summed E-state index contributed by atoms with van der Waals surface area (Å²) in [5.74, 6) is 0.0543. The van der Waals surface area contributed by atoms with Gasteiger partial charge in [0.05, 0.1) is 4.47 Å². The molecule has 0 aliphatic carbocycles. The van der Waals surface area contributed by atoms with Crippen LogP contribution in [0.2, 0.25) is 5.02 Å². The molecule has 3 rings (SSSR count). The Hall–Kier alpha value is -2.83. The van der Waals surface area contributed by atoms with E-state index in [-0.39, 0.29) is 18.4 Å². The summed E-state index contributed by atoms with van der Waals surface area (Å²) in [6.45, 7) is 4.64. The molecule has 0 aliphatic rings. The highest BCUT2D eigenvalue weighted by Crippen LogP contribution is 2.28. The van der Waals surface area contributed by atoms with E-state index in [1.165, 1.54) is 0 Å². The van der Waals surface area contributed by atoms with E-state index in [4.69, 9.17) is 16.3 Å². The van der Waals surface area contributed by atoms with Gasteiger partial charge in [-0.3, -0.25) is 9.59 Å². The highest BCUT2D eigenvalue weighted by atomic mass is 79.9. The molecule has 7 heteroatoms. The van der Waals surface area contributed by atoms with Gasteiger partial charge in [-0.05, 0) is 58.6 Å². The molecule has 0 aliphatic heterocycles. The largest absolute Gasteiger partial charge is 0.483 e. The summed E-state index contributed by atoms with van der Waals surface area (Å²) in [6, 6.07) is 22.1. The minimum Gasteiger partial charge on any atom is -0.483 e. The van der Waals surface area contributed by atoms with E-state index in [2.05, 4.69) is 21.2 Å². The first-order chi connectivity index (χ1) is 16.9. The lowest BCUT2D eigenvalue weighted by Gasteiger charge is -2.31. The normalized spacial score (nSPS) is 11.5. The zero-order valence-electron chi connectivity index (χ0n) is 20.0. The fraction of sp³-hybridized carbons (Fsp3) is 0.286. The Bertz CT molecular complexity index is 1140. The van der Waals surface area contributed by atoms with E-state index in [0.717, 1.165) is 23.1 Å². The highest BCUT2D eigenvalue weighted by molar-refractivity contribution is 9.10. The Morgan fingerprint density at radius 3 is 2.46 bits per heavy atom. The molecule has 0 fully saturated rings. The van der Waals surface area contributed by atoms with Crippen molar-refractivity contribution in [2.75, 3.05) is 13.2 Å². The van der Waals surface area contributed by atoms with Gasteiger partial charge in [-0.2, -0.15) is 0 Å². The van der Waals surface area contributed by atoms with Crippen molar-refractivity contribution in [2.24, 2.45) is 0 Å². The van der Waals surface area contributed by atoms with Crippen molar-refractivity contribution in [3.8, 4) is 5.75 Å². The molecular formula is C28H30BrClN2O3. The fourth-order valence-corrected chi connectivity index (χ4v) is 4.54. The van der Waals surface area contributed by atoms with Crippen LogP contribution in [-0.4, -0.2) is 35.9 Å². The molecule has 5 nitrogen and oxygen atoms in total. The Balaban J connectivity index is 1.90. The van der Waals surface area contributed by atoms with Gasteiger partial charge in [0.2, 0.25) is 5.91 Å². The first-order valence-electron chi connectivity index (χ1n) is 11.6. The second-order valence-electron chi connectivity index (χ2n) is 8.37. The maximum atomic E-state index is 13.6. The zero-order valence-corrected chi connectivity index (χ0v) is 22.3. The van der Waals surface area contributed by atoms with Gasteiger partial charge in [0.25, 0.3) is 5.91 Å². The smallest absolute Gasteiger partial charge is 0.261 e. The predicted octanol–water partition coefficient (Wildman–Crippen LogP) is 5.96. The summed E-state index contributed by atoms with van der Waals surface area (Å²) in [4.78, 5) is 28.5. The van der Waals surface area contributed by atoms with Crippen LogP contribution in [0.15, 0.2) is 77.3 Å². The number of nitrogens with one attached hydrogen (secondary N) is 1. The quantitative estimate of drug-likeness (QED) is 0.317. The number of ether oxygens (including phenoxy) is 1.